The second-order valence-corrected chi connectivity index (χ2v) is 5.26. The maximum Gasteiger partial charge on any atom is 0.151 e. The van der Waals surface area contributed by atoms with Crippen LogP contribution in [0.15, 0.2) is 0 Å². The first-order valence-corrected chi connectivity index (χ1v) is 6.57. The molecule has 0 aromatic heterocycles. The molecule has 0 radical (unpaired) electrons. The van der Waals surface area contributed by atoms with E-state index in [1.165, 1.54) is 25.7 Å². The van der Waals surface area contributed by atoms with Gasteiger partial charge in [0.15, 0.2) is 6.29 Å². The van der Waals surface area contributed by atoms with Gasteiger partial charge >= 0.3 is 0 Å². The molecule has 90 valence electrons. The van der Waals surface area contributed by atoms with Crippen molar-refractivity contribution in [3.8, 4) is 0 Å². The van der Waals surface area contributed by atoms with Crippen LogP contribution < -0.4 is 5.32 Å². The molecule has 16 heavy (non-hydrogen) atoms. The third-order valence-corrected chi connectivity index (χ3v) is 4.17. The number of piperidine rings is 1. The van der Waals surface area contributed by atoms with Crippen molar-refractivity contribution in [1.82, 2.24) is 15.1 Å². The first-order chi connectivity index (χ1) is 7.90. The molecule has 0 amide bonds. The number of carbonyl (C=O) groups is 1. The van der Waals surface area contributed by atoms with E-state index in [1.54, 1.807) is 0 Å². The topological polar surface area (TPSA) is 35.6 Å². The first kappa shape index (κ1) is 10.7. The van der Waals surface area contributed by atoms with Crippen LogP contribution in [0.1, 0.15) is 25.7 Å². The average Bonchev–Trinajstić information content (AvgIpc) is 3.09. The minimum atomic E-state index is 0.0670. The Morgan fingerprint density at radius 2 is 1.81 bits per heavy atom. The van der Waals surface area contributed by atoms with Crippen molar-refractivity contribution in [3.63, 3.8) is 0 Å². The Labute approximate surface area is 97.0 Å². The van der Waals surface area contributed by atoms with Gasteiger partial charge in [-0.2, -0.15) is 0 Å². The van der Waals surface area contributed by atoms with Gasteiger partial charge < -0.3 is 10.1 Å². The van der Waals surface area contributed by atoms with E-state index in [0.717, 1.165) is 32.5 Å². The highest BCUT2D eigenvalue weighted by Gasteiger charge is 2.42. The van der Waals surface area contributed by atoms with Gasteiger partial charge in [-0.3, -0.25) is 9.80 Å². The minimum Gasteiger partial charge on any atom is -0.315 e. The summed E-state index contributed by atoms with van der Waals surface area (Å²) >= 11 is 0. The van der Waals surface area contributed by atoms with Crippen LogP contribution in [0.25, 0.3) is 0 Å². The van der Waals surface area contributed by atoms with Gasteiger partial charge in [0.25, 0.3) is 0 Å². The van der Waals surface area contributed by atoms with Crippen molar-refractivity contribution in [3.05, 3.63) is 0 Å². The molecule has 2 unspecified atom stereocenters. The number of hydrogen-bond donors (Lipinski definition) is 1. The second kappa shape index (κ2) is 4.43. The summed E-state index contributed by atoms with van der Waals surface area (Å²) in [5.74, 6) is 0. The van der Waals surface area contributed by atoms with Crippen LogP contribution in [0, 0.1) is 0 Å². The highest BCUT2D eigenvalue weighted by molar-refractivity contribution is 5.58. The Hall–Kier alpha value is -0.450. The van der Waals surface area contributed by atoms with Gasteiger partial charge in [0.2, 0.25) is 0 Å². The normalized spacial score (nSPS) is 37.8. The molecular weight excluding hydrogens is 202 g/mol. The second-order valence-electron chi connectivity index (χ2n) is 5.26. The zero-order chi connectivity index (χ0) is 11.0. The number of hydrogen-bond acceptors (Lipinski definition) is 4. The van der Waals surface area contributed by atoms with Gasteiger partial charge in [0.1, 0.15) is 6.17 Å². The first-order valence-electron chi connectivity index (χ1n) is 6.57. The fourth-order valence-electron chi connectivity index (χ4n) is 3.16. The molecule has 1 aliphatic carbocycles. The summed E-state index contributed by atoms with van der Waals surface area (Å²) in [4.78, 5) is 16.1. The Balaban J connectivity index is 1.67. The van der Waals surface area contributed by atoms with Crippen LogP contribution in [0.5, 0.6) is 0 Å². The van der Waals surface area contributed by atoms with E-state index in [0.29, 0.717) is 12.1 Å². The van der Waals surface area contributed by atoms with Crippen molar-refractivity contribution < 1.29 is 4.79 Å². The number of nitrogens with one attached hydrogen (secondary N) is 1. The summed E-state index contributed by atoms with van der Waals surface area (Å²) in [6.45, 7) is 4.36. The molecule has 2 atom stereocenters. The lowest BCUT2D eigenvalue weighted by Crippen LogP contribution is -2.51. The number of nitrogens with zero attached hydrogens (tertiary/aromatic N) is 2. The molecule has 0 aromatic carbocycles. The van der Waals surface area contributed by atoms with Crippen LogP contribution in [0.4, 0.5) is 0 Å². The monoisotopic (exact) mass is 223 g/mol. The molecule has 2 saturated heterocycles. The Bertz CT molecular complexity index is 261. The SMILES string of the molecule is O=CC1N(C2CC2)CCN1C1CCCNC1. The fourth-order valence-corrected chi connectivity index (χ4v) is 3.16. The lowest BCUT2D eigenvalue weighted by molar-refractivity contribution is -0.116. The quantitative estimate of drug-likeness (QED) is 0.686. The summed E-state index contributed by atoms with van der Waals surface area (Å²) < 4.78 is 0. The Kier molecular flexibility index (Phi) is 2.96. The summed E-state index contributed by atoms with van der Waals surface area (Å²) in [7, 11) is 0. The predicted molar refractivity (Wildman–Crippen MR) is 62.2 cm³/mol. The standard InChI is InChI=1S/C12H21N3O/c16-9-12-14(10-3-4-10)6-7-15(12)11-2-1-5-13-8-11/h9-13H,1-8H2. The Morgan fingerprint density at radius 1 is 1.06 bits per heavy atom. The van der Waals surface area contributed by atoms with E-state index < -0.39 is 0 Å². The molecule has 1 saturated carbocycles. The molecule has 2 heterocycles. The smallest absolute Gasteiger partial charge is 0.151 e. The molecule has 2 aliphatic heterocycles. The van der Waals surface area contributed by atoms with Gasteiger partial charge in [-0.1, -0.05) is 0 Å². The highest BCUT2D eigenvalue weighted by atomic mass is 16.1. The maximum absolute atomic E-state index is 11.3. The summed E-state index contributed by atoms with van der Waals surface area (Å²) in [5, 5.41) is 3.44. The third kappa shape index (κ3) is 1.90. The van der Waals surface area contributed by atoms with E-state index in [-0.39, 0.29) is 6.17 Å². The third-order valence-electron chi connectivity index (χ3n) is 4.17. The van der Waals surface area contributed by atoms with Crippen molar-refractivity contribution in [2.24, 2.45) is 0 Å². The summed E-state index contributed by atoms with van der Waals surface area (Å²) in [5.41, 5.74) is 0. The average molecular weight is 223 g/mol. The molecule has 0 spiro atoms. The van der Waals surface area contributed by atoms with E-state index in [4.69, 9.17) is 0 Å². The predicted octanol–water partition coefficient (Wildman–Crippen LogP) is 0.0434. The van der Waals surface area contributed by atoms with Gasteiger partial charge in [-0.25, -0.2) is 0 Å². The van der Waals surface area contributed by atoms with E-state index in [2.05, 4.69) is 15.1 Å². The van der Waals surface area contributed by atoms with E-state index >= 15 is 0 Å². The van der Waals surface area contributed by atoms with Crippen molar-refractivity contribution in [2.75, 3.05) is 26.2 Å². The molecule has 4 heteroatoms. The van der Waals surface area contributed by atoms with Gasteiger partial charge in [-0.15, -0.1) is 0 Å². The number of carbonyl (C=O) groups excluding carboxylic acids is 1. The molecule has 0 aromatic rings. The zero-order valence-electron chi connectivity index (χ0n) is 9.77. The van der Waals surface area contributed by atoms with Gasteiger partial charge in [-0.05, 0) is 32.2 Å². The van der Waals surface area contributed by atoms with Crippen molar-refractivity contribution in [1.29, 1.82) is 0 Å². The number of rotatable bonds is 3. The fraction of sp³-hybridized carbons (Fsp3) is 0.917. The maximum atomic E-state index is 11.3. The van der Waals surface area contributed by atoms with Crippen molar-refractivity contribution in [2.45, 2.75) is 43.9 Å². The molecule has 1 N–H and O–H groups in total. The van der Waals surface area contributed by atoms with Crippen LogP contribution >= 0.6 is 0 Å². The number of aldehydes is 1. The highest BCUT2D eigenvalue weighted by Crippen LogP contribution is 2.32. The molecule has 3 rings (SSSR count). The van der Waals surface area contributed by atoms with E-state index in [9.17, 15) is 4.79 Å². The van der Waals surface area contributed by atoms with Gasteiger partial charge in [0, 0.05) is 31.7 Å². The van der Waals surface area contributed by atoms with Crippen molar-refractivity contribution >= 4 is 6.29 Å². The zero-order valence-corrected chi connectivity index (χ0v) is 9.77. The largest absolute Gasteiger partial charge is 0.315 e. The lowest BCUT2D eigenvalue weighted by Gasteiger charge is -2.35. The van der Waals surface area contributed by atoms with Crippen LogP contribution in [0.2, 0.25) is 0 Å². The lowest BCUT2D eigenvalue weighted by atomic mass is 10.1. The van der Waals surface area contributed by atoms with Crippen LogP contribution in [-0.4, -0.2) is 60.5 Å². The van der Waals surface area contributed by atoms with Crippen LogP contribution in [-0.2, 0) is 4.79 Å². The van der Waals surface area contributed by atoms with Gasteiger partial charge in [0.05, 0.1) is 0 Å². The van der Waals surface area contributed by atoms with E-state index in [1.807, 2.05) is 0 Å². The molecule has 3 aliphatic rings. The molecule has 0 bridgehead atoms. The summed E-state index contributed by atoms with van der Waals surface area (Å²) in [6, 6.07) is 1.28. The minimum absolute atomic E-state index is 0.0670. The molecular formula is C12H21N3O. The van der Waals surface area contributed by atoms with Crippen LogP contribution in [0.3, 0.4) is 0 Å². The molecule has 4 nitrogen and oxygen atoms in total. The molecule has 3 fully saturated rings. The Morgan fingerprint density at radius 3 is 2.38 bits per heavy atom. The summed E-state index contributed by atoms with van der Waals surface area (Å²) in [6.07, 6.45) is 6.30.